The topological polar surface area (TPSA) is 51.0 Å². The molecule has 0 saturated carbocycles. The van der Waals surface area contributed by atoms with Crippen LogP contribution in [0.25, 0.3) is 11.0 Å². The number of hydrogen-bond donors (Lipinski definition) is 1. The lowest BCUT2D eigenvalue weighted by molar-refractivity contribution is 0.611. The van der Waals surface area contributed by atoms with Crippen LogP contribution in [0.15, 0.2) is 34.9 Å². The molecule has 0 bridgehead atoms. The maximum atomic E-state index is 5.52. The van der Waals surface area contributed by atoms with E-state index in [4.69, 9.17) is 4.42 Å². The van der Waals surface area contributed by atoms with Gasteiger partial charge in [0.15, 0.2) is 0 Å². The Morgan fingerprint density at radius 2 is 2.10 bits per heavy atom. The molecular formula is C15H17N3OS. The number of hydrogen-bond acceptors (Lipinski definition) is 5. The highest BCUT2D eigenvalue weighted by molar-refractivity contribution is 7.15. The summed E-state index contributed by atoms with van der Waals surface area (Å²) in [5.74, 6) is 0.605. The smallest absolute Gasteiger partial charge is 0.205 e. The Hall–Kier alpha value is -1.88. The van der Waals surface area contributed by atoms with Gasteiger partial charge in [0.25, 0.3) is 0 Å². The first-order chi connectivity index (χ1) is 9.72. The molecule has 0 saturated heterocycles. The molecule has 104 valence electrons. The van der Waals surface area contributed by atoms with Crippen LogP contribution in [-0.4, -0.2) is 10.2 Å². The molecule has 1 aromatic carbocycles. The van der Waals surface area contributed by atoms with Crippen molar-refractivity contribution in [3.63, 3.8) is 0 Å². The predicted octanol–water partition coefficient (Wildman–Crippen LogP) is 4.09. The monoisotopic (exact) mass is 287 g/mol. The van der Waals surface area contributed by atoms with Crippen molar-refractivity contribution < 1.29 is 4.42 Å². The number of fused-ring (bicyclic) bond motifs is 1. The van der Waals surface area contributed by atoms with E-state index in [1.54, 1.807) is 17.6 Å². The molecule has 0 aliphatic carbocycles. The Kier molecular flexibility index (Phi) is 3.69. The van der Waals surface area contributed by atoms with Crippen molar-refractivity contribution in [1.29, 1.82) is 0 Å². The van der Waals surface area contributed by atoms with E-state index in [-0.39, 0.29) is 0 Å². The second-order valence-corrected chi connectivity index (χ2v) is 6.27. The second-order valence-electron chi connectivity index (χ2n) is 5.21. The SMILES string of the molecule is CC(C)Cc1nnc(NCc2coc3ccccc23)s1. The van der Waals surface area contributed by atoms with Gasteiger partial charge in [0, 0.05) is 23.9 Å². The summed E-state index contributed by atoms with van der Waals surface area (Å²) in [6.45, 7) is 5.07. The molecule has 3 rings (SSSR count). The molecule has 2 heterocycles. The van der Waals surface area contributed by atoms with E-state index >= 15 is 0 Å². The number of para-hydroxylation sites is 1. The third kappa shape index (κ3) is 2.82. The quantitative estimate of drug-likeness (QED) is 0.767. The van der Waals surface area contributed by atoms with Gasteiger partial charge in [0.05, 0.1) is 6.26 Å². The van der Waals surface area contributed by atoms with Gasteiger partial charge in [-0.05, 0) is 12.0 Å². The third-order valence-corrected chi connectivity index (χ3v) is 3.94. The fraction of sp³-hybridized carbons (Fsp3) is 0.333. The van der Waals surface area contributed by atoms with Gasteiger partial charge < -0.3 is 9.73 Å². The Balaban J connectivity index is 1.68. The zero-order valence-corrected chi connectivity index (χ0v) is 12.4. The van der Waals surface area contributed by atoms with Crippen LogP contribution in [0.3, 0.4) is 0 Å². The first kappa shape index (κ1) is 13.1. The third-order valence-electron chi connectivity index (χ3n) is 3.04. The second kappa shape index (κ2) is 5.63. The van der Waals surface area contributed by atoms with Crippen LogP contribution >= 0.6 is 11.3 Å². The number of furan rings is 1. The van der Waals surface area contributed by atoms with Gasteiger partial charge in [0.1, 0.15) is 10.6 Å². The predicted molar refractivity (Wildman–Crippen MR) is 82.0 cm³/mol. The van der Waals surface area contributed by atoms with Crippen LogP contribution in [0.4, 0.5) is 5.13 Å². The molecule has 0 atom stereocenters. The van der Waals surface area contributed by atoms with E-state index in [9.17, 15) is 0 Å². The van der Waals surface area contributed by atoms with Crippen LogP contribution < -0.4 is 5.32 Å². The summed E-state index contributed by atoms with van der Waals surface area (Å²) in [7, 11) is 0. The van der Waals surface area contributed by atoms with Gasteiger partial charge in [-0.3, -0.25) is 0 Å². The van der Waals surface area contributed by atoms with Crippen LogP contribution in [0.1, 0.15) is 24.4 Å². The average Bonchev–Trinajstić information content (AvgIpc) is 3.02. The lowest BCUT2D eigenvalue weighted by atomic mass is 10.1. The van der Waals surface area contributed by atoms with Crippen LogP contribution in [0.2, 0.25) is 0 Å². The molecule has 0 amide bonds. The molecule has 20 heavy (non-hydrogen) atoms. The number of anilines is 1. The molecule has 5 heteroatoms. The van der Waals surface area contributed by atoms with Crippen LogP contribution in [-0.2, 0) is 13.0 Å². The molecule has 0 radical (unpaired) electrons. The summed E-state index contributed by atoms with van der Waals surface area (Å²) in [6, 6.07) is 8.05. The van der Waals surface area contributed by atoms with Gasteiger partial charge in [0.2, 0.25) is 5.13 Å². The van der Waals surface area contributed by atoms with Crippen molar-refractivity contribution in [3.05, 3.63) is 41.1 Å². The minimum Gasteiger partial charge on any atom is -0.464 e. The van der Waals surface area contributed by atoms with Crippen molar-refractivity contribution >= 4 is 27.4 Å². The Morgan fingerprint density at radius 3 is 2.95 bits per heavy atom. The normalized spacial score (nSPS) is 11.3. The Labute approximate surface area is 121 Å². The van der Waals surface area contributed by atoms with Gasteiger partial charge in [-0.1, -0.05) is 43.4 Å². The fourth-order valence-corrected chi connectivity index (χ4v) is 3.04. The van der Waals surface area contributed by atoms with Crippen molar-refractivity contribution in [2.45, 2.75) is 26.8 Å². The maximum Gasteiger partial charge on any atom is 0.205 e. The first-order valence-corrected chi connectivity index (χ1v) is 7.55. The highest BCUT2D eigenvalue weighted by atomic mass is 32.1. The van der Waals surface area contributed by atoms with E-state index < -0.39 is 0 Å². The Bertz CT molecular complexity index is 702. The number of benzene rings is 1. The van der Waals surface area contributed by atoms with Gasteiger partial charge in [-0.15, -0.1) is 10.2 Å². The summed E-state index contributed by atoms with van der Waals surface area (Å²) in [5, 5.41) is 14.8. The van der Waals surface area contributed by atoms with Crippen LogP contribution in [0, 0.1) is 5.92 Å². The molecule has 2 aromatic heterocycles. The highest BCUT2D eigenvalue weighted by Gasteiger charge is 2.08. The Morgan fingerprint density at radius 1 is 1.25 bits per heavy atom. The molecule has 4 nitrogen and oxygen atoms in total. The minimum atomic E-state index is 0.605. The van der Waals surface area contributed by atoms with E-state index in [1.165, 1.54) is 0 Å². The molecular weight excluding hydrogens is 270 g/mol. The zero-order valence-electron chi connectivity index (χ0n) is 11.6. The first-order valence-electron chi connectivity index (χ1n) is 6.73. The molecule has 0 aliphatic heterocycles. The molecule has 0 unspecified atom stereocenters. The summed E-state index contributed by atoms with van der Waals surface area (Å²) in [4.78, 5) is 0. The maximum absolute atomic E-state index is 5.52. The van der Waals surface area contributed by atoms with Crippen molar-refractivity contribution in [2.75, 3.05) is 5.32 Å². The molecule has 0 aliphatic rings. The largest absolute Gasteiger partial charge is 0.464 e. The summed E-state index contributed by atoms with van der Waals surface area (Å²) >= 11 is 1.62. The number of rotatable bonds is 5. The van der Waals surface area contributed by atoms with E-state index in [1.807, 2.05) is 18.2 Å². The van der Waals surface area contributed by atoms with Crippen molar-refractivity contribution in [1.82, 2.24) is 10.2 Å². The number of aromatic nitrogens is 2. The number of nitrogens with one attached hydrogen (secondary N) is 1. The standard InChI is InChI=1S/C15H17N3OS/c1-10(2)7-14-17-18-15(20-14)16-8-11-9-19-13-6-4-3-5-12(11)13/h3-6,9-10H,7-8H2,1-2H3,(H,16,18). The lowest BCUT2D eigenvalue weighted by Gasteiger charge is -2.00. The number of nitrogens with zero attached hydrogens (tertiary/aromatic N) is 2. The van der Waals surface area contributed by atoms with E-state index in [0.29, 0.717) is 12.5 Å². The average molecular weight is 287 g/mol. The summed E-state index contributed by atoms with van der Waals surface area (Å²) in [5.41, 5.74) is 2.06. The van der Waals surface area contributed by atoms with E-state index in [0.717, 1.165) is 33.1 Å². The fourth-order valence-electron chi connectivity index (χ4n) is 2.10. The van der Waals surface area contributed by atoms with Gasteiger partial charge in [-0.25, -0.2) is 0 Å². The van der Waals surface area contributed by atoms with Crippen molar-refractivity contribution in [3.8, 4) is 0 Å². The van der Waals surface area contributed by atoms with Crippen molar-refractivity contribution in [2.24, 2.45) is 5.92 Å². The molecule has 0 fully saturated rings. The summed E-state index contributed by atoms with van der Waals surface area (Å²) < 4.78 is 5.52. The zero-order chi connectivity index (χ0) is 13.9. The van der Waals surface area contributed by atoms with Gasteiger partial charge in [-0.2, -0.15) is 0 Å². The molecule has 3 aromatic rings. The van der Waals surface area contributed by atoms with Crippen LogP contribution in [0.5, 0.6) is 0 Å². The van der Waals surface area contributed by atoms with Gasteiger partial charge >= 0.3 is 0 Å². The lowest BCUT2D eigenvalue weighted by Crippen LogP contribution is -1.97. The summed E-state index contributed by atoms with van der Waals surface area (Å²) in [6.07, 6.45) is 2.78. The minimum absolute atomic E-state index is 0.605. The van der Waals surface area contributed by atoms with E-state index in [2.05, 4.69) is 35.4 Å². The molecule has 1 N–H and O–H groups in total. The molecule has 0 spiro atoms. The highest BCUT2D eigenvalue weighted by Crippen LogP contribution is 2.23.